The van der Waals surface area contributed by atoms with E-state index in [1.54, 1.807) is 12.4 Å². The van der Waals surface area contributed by atoms with Crippen molar-refractivity contribution < 1.29 is 0 Å². The quantitative estimate of drug-likeness (QED) is 0.570. The minimum Gasteiger partial charge on any atom is -0.403 e. The van der Waals surface area contributed by atoms with Crippen molar-refractivity contribution in [3.05, 3.63) is 24.7 Å². The highest BCUT2D eigenvalue weighted by atomic mass is 14.9. The van der Waals surface area contributed by atoms with Crippen LogP contribution in [0.4, 0.5) is 0 Å². The zero-order valence-corrected chi connectivity index (χ0v) is 5.15. The van der Waals surface area contributed by atoms with Gasteiger partial charge in [0.05, 0.1) is 0 Å². The molecule has 2 heteroatoms. The number of nitrogens with two attached hydrogens (primary N) is 1. The summed E-state index contributed by atoms with van der Waals surface area (Å²) in [6.45, 7) is 5.51. The van der Waals surface area contributed by atoms with E-state index < -0.39 is 0 Å². The first kappa shape index (κ1) is 7.08. The van der Waals surface area contributed by atoms with Crippen LogP contribution < -0.4 is 11.1 Å². The van der Waals surface area contributed by atoms with Crippen molar-refractivity contribution in [1.82, 2.24) is 5.32 Å². The van der Waals surface area contributed by atoms with Gasteiger partial charge in [-0.2, -0.15) is 0 Å². The monoisotopic (exact) mass is 112 g/mol. The Bertz CT molecular complexity index is 94.7. The highest BCUT2D eigenvalue weighted by molar-refractivity contribution is 4.98. The molecule has 0 unspecified atom stereocenters. The average Bonchev–Trinajstić information content (AvgIpc) is 1.83. The molecule has 0 aromatic heterocycles. The molecule has 0 aromatic carbocycles. The number of hydrogen-bond donors (Lipinski definition) is 2. The number of hydrogen-bond acceptors (Lipinski definition) is 2. The van der Waals surface area contributed by atoms with Crippen LogP contribution in [0.15, 0.2) is 24.7 Å². The first-order valence-electron chi connectivity index (χ1n) is 2.63. The number of rotatable bonds is 3. The number of nitrogens with one attached hydrogen (secondary N) is 1. The third-order valence-electron chi connectivity index (χ3n) is 0.870. The van der Waals surface area contributed by atoms with Crippen molar-refractivity contribution in [2.75, 3.05) is 0 Å². The van der Waals surface area contributed by atoms with E-state index in [0.717, 1.165) is 12.1 Å². The van der Waals surface area contributed by atoms with Crippen molar-refractivity contribution in [3.8, 4) is 0 Å². The van der Waals surface area contributed by atoms with E-state index in [-0.39, 0.29) is 0 Å². The van der Waals surface area contributed by atoms with Crippen LogP contribution in [0.2, 0.25) is 0 Å². The van der Waals surface area contributed by atoms with Crippen molar-refractivity contribution >= 4 is 0 Å². The lowest BCUT2D eigenvalue weighted by Crippen LogP contribution is -2.04. The average molecular weight is 112 g/mol. The Kier molecular flexibility index (Phi) is 3.76. The normalized spacial score (nSPS) is 10.9. The fraction of sp³-hybridized carbons (Fsp3) is 0.333. The Morgan fingerprint density at radius 2 is 2.50 bits per heavy atom. The molecule has 0 bridgehead atoms. The summed E-state index contributed by atoms with van der Waals surface area (Å²) in [5, 5.41) is 2.88. The highest BCUT2D eigenvalue weighted by Gasteiger charge is 1.82. The molecule has 0 fully saturated rings. The Balaban J connectivity index is 3.53. The smallest absolute Gasteiger partial charge is 0.0300 e. The molecule has 0 amide bonds. The van der Waals surface area contributed by atoms with Gasteiger partial charge in [0.1, 0.15) is 0 Å². The summed E-state index contributed by atoms with van der Waals surface area (Å²) in [7, 11) is 0. The molecule has 8 heavy (non-hydrogen) atoms. The predicted octanol–water partition coefficient (Wildman–Crippen LogP) is 0.930. The maximum atomic E-state index is 5.20. The van der Waals surface area contributed by atoms with Crippen LogP contribution in [-0.4, -0.2) is 0 Å². The van der Waals surface area contributed by atoms with Gasteiger partial charge >= 0.3 is 0 Å². The van der Waals surface area contributed by atoms with Gasteiger partial charge in [-0.25, -0.2) is 0 Å². The summed E-state index contributed by atoms with van der Waals surface area (Å²) >= 11 is 0. The van der Waals surface area contributed by atoms with E-state index >= 15 is 0 Å². The first-order chi connectivity index (χ1) is 3.85. The van der Waals surface area contributed by atoms with Gasteiger partial charge in [-0.1, -0.05) is 13.5 Å². The summed E-state index contributed by atoms with van der Waals surface area (Å²) in [6.07, 6.45) is 4.08. The van der Waals surface area contributed by atoms with Crippen LogP contribution in [0.3, 0.4) is 0 Å². The maximum Gasteiger partial charge on any atom is 0.0300 e. The van der Waals surface area contributed by atoms with Crippen LogP contribution in [0.25, 0.3) is 0 Å². The SMILES string of the molecule is C=CN/C(=C\N)CC. The van der Waals surface area contributed by atoms with E-state index in [0.29, 0.717) is 0 Å². The third kappa shape index (κ3) is 2.29. The Morgan fingerprint density at radius 1 is 1.88 bits per heavy atom. The molecule has 0 atom stereocenters. The molecule has 0 saturated heterocycles. The minimum atomic E-state index is 0.919. The van der Waals surface area contributed by atoms with Crippen molar-refractivity contribution in [3.63, 3.8) is 0 Å². The second-order valence-electron chi connectivity index (χ2n) is 1.39. The van der Waals surface area contributed by atoms with Crippen molar-refractivity contribution in [2.45, 2.75) is 13.3 Å². The Labute approximate surface area is 50.1 Å². The topological polar surface area (TPSA) is 38.0 Å². The summed E-state index contributed by atoms with van der Waals surface area (Å²) in [5.41, 5.74) is 6.20. The fourth-order valence-electron chi connectivity index (χ4n) is 0.399. The standard InChI is InChI=1S/C6H12N2/c1-3-6(5-7)8-4-2/h4-5,8H,2-3,7H2,1H3/b6-5-. The molecular weight excluding hydrogens is 100 g/mol. The fourth-order valence-corrected chi connectivity index (χ4v) is 0.399. The Morgan fingerprint density at radius 3 is 2.62 bits per heavy atom. The van der Waals surface area contributed by atoms with Crippen LogP contribution in [0.1, 0.15) is 13.3 Å². The van der Waals surface area contributed by atoms with Crippen molar-refractivity contribution in [2.24, 2.45) is 5.73 Å². The van der Waals surface area contributed by atoms with Gasteiger partial charge in [-0.15, -0.1) is 0 Å². The van der Waals surface area contributed by atoms with E-state index in [4.69, 9.17) is 5.73 Å². The van der Waals surface area contributed by atoms with Gasteiger partial charge in [0.15, 0.2) is 0 Å². The molecule has 0 aliphatic heterocycles. The predicted molar refractivity (Wildman–Crippen MR) is 35.9 cm³/mol. The highest BCUT2D eigenvalue weighted by Crippen LogP contribution is 1.89. The van der Waals surface area contributed by atoms with E-state index in [1.165, 1.54) is 0 Å². The van der Waals surface area contributed by atoms with Gasteiger partial charge in [0.2, 0.25) is 0 Å². The Hall–Kier alpha value is -0.920. The van der Waals surface area contributed by atoms with E-state index in [2.05, 4.69) is 11.9 Å². The van der Waals surface area contributed by atoms with Gasteiger partial charge in [-0.05, 0) is 12.6 Å². The van der Waals surface area contributed by atoms with E-state index in [1.807, 2.05) is 6.92 Å². The lowest BCUT2D eigenvalue weighted by atomic mass is 10.4. The van der Waals surface area contributed by atoms with Crippen LogP contribution in [0, 0.1) is 0 Å². The molecule has 0 radical (unpaired) electrons. The van der Waals surface area contributed by atoms with Gasteiger partial charge in [-0.3, -0.25) is 0 Å². The molecule has 0 saturated carbocycles. The van der Waals surface area contributed by atoms with Gasteiger partial charge < -0.3 is 11.1 Å². The molecule has 0 spiro atoms. The van der Waals surface area contributed by atoms with Crippen LogP contribution >= 0.6 is 0 Å². The molecule has 46 valence electrons. The van der Waals surface area contributed by atoms with Gasteiger partial charge in [0.25, 0.3) is 0 Å². The second kappa shape index (κ2) is 4.24. The summed E-state index contributed by atoms with van der Waals surface area (Å²) in [6, 6.07) is 0. The zero-order chi connectivity index (χ0) is 6.41. The molecule has 0 aliphatic rings. The lowest BCUT2D eigenvalue weighted by molar-refractivity contribution is 0.937. The zero-order valence-electron chi connectivity index (χ0n) is 5.15. The van der Waals surface area contributed by atoms with Crippen molar-refractivity contribution in [1.29, 1.82) is 0 Å². The van der Waals surface area contributed by atoms with Crippen LogP contribution in [0.5, 0.6) is 0 Å². The summed E-state index contributed by atoms with van der Waals surface area (Å²) in [5.74, 6) is 0. The number of allylic oxidation sites excluding steroid dienone is 1. The summed E-state index contributed by atoms with van der Waals surface area (Å²) in [4.78, 5) is 0. The summed E-state index contributed by atoms with van der Waals surface area (Å²) < 4.78 is 0. The molecule has 0 aliphatic carbocycles. The largest absolute Gasteiger partial charge is 0.403 e. The first-order valence-corrected chi connectivity index (χ1v) is 2.63. The lowest BCUT2D eigenvalue weighted by Gasteiger charge is -1.99. The minimum absolute atomic E-state index is 0.919. The van der Waals surface area contributed by atoms with Crippen LogP contribution in [-0.2, 0) is 0 Å². The maximum absolute atomic E-state index is 5.20. The molecule has 0 aromatic rings. The molecular formula is C6H12N2. The third-order valence-corrected chi connectivity index (χ3v) is 0.870. The second-order valence-corrected chi connectivity index (χ2v) is 1.39. The van der Waals surface area contributed by atoms with E-state index in [9.17, 15) is 0 Å². The van der Waals surface area contributed by atoms with Gasteiger partial charge in [0, 0.05) is 11.9 Å². The molecule has 2 nitrogen and oxygen atoms in total. The molecule has 0 rings (SSSR count). The molecule has 3 N–H and O–H groups in total. The molecule has 0 heterocycles.